The highest BCUT2D eigenvalue weighted by Crippen LogP contribution is 2.27. The highest BCUT2D eigenvalue weighted by atomic mass is 32.1. The average Bonchev–Trinajstić information content (AvgIpc) is 2.87. The number of ether oxygens (including phenoxy) is 1. The third-order valence-electron chi connectivity index (χ3n) is 3.54. The largest absolute Gasteiger partial charge is 0.378 e. The molecule has 0 spiro atoms. The number of H-pyrrole nitrogens is 1. The lowest BCUT2D eigenvalue weighted by molar-refractivity contribution is 0.103. The Morgan fingerprint density at radius 2 is 2.05 bits per heavy atom. The first-order valence-corrected chi connectivity index (χ1v) is 7.89. The highest BCUT2D eigenvalue weighted by Gasteiger charge is 2.18. The first-order chi connectivity index (χ1) is 10.6. The predicted molar refractivity (Wildman–Crippen MR) is 87.1 cm³/mol. The van der Waals surface area contributed by atoms with Crippen LogP contribution in [0.4, 0.5) is 11.4 Å². The lowest BCUT2D eigenvalue weighted by Gasteiger charge is -2.30. The van der Waals surface area contributed by atoms with E-state index in [4.69, 9.17) is 4.74 Å². The SMILES string of the molecule is Cc1[nH]c(=O)sc1C(=O)Nc1ccccc1N1CCOCC1. The molecule has 1 aromatic carbocycles. The summed E-state index contributed by atoms with van der Waals surface area (Å²) in [4.78, 5) is 28.7. The van der Waals surface area contributed by atoms with Gasteiger partial charge in [-0.2, -0.15) is 0 Å². The van der Waals surface area contributed by atoms with E-state index in [0.29, 0.717) is 23.8 Å². The molecule has 0 saturated carbocycles. The number of thiazole rings is 1. The molecule has 0 unspecified atom stereocenters. The Morgan fingerprint density at radius 3 is 2.73 bits per heavy atom. The second kappa shape index (κ2) is 6.33. The molecule has 0 bridgehead atoms. The van der Waals surface area contributed by atoms with Gasteiger partial charge >= 0.3 is 4.87 Å². The molecule has 1 aliphatic heterocycles. The Labute approximate surface area is 131 Å². The van der Waals surface area contributed by atoms with Gasteiger partial charge in [0.15, 0.2) is 0 Å². The van der Waals surface area contributed by atoms with Gasteiger partial charge in [0.05, 0.1) is 24.6 Å². The molecular formula is C15H17N3O3S. The fourth-order valence-corrected chi connectivity index (χ4v) is 3.20. The number of anilines is 2. The van der Waals surface area contributed by atoms with E-state index < -0.39 is 0 Å². The van der Waals surface area contributed by atoms with Crippen molar-refractivity contribution < 1.29 is 9.53 Å². The molecule has 1 amide bonds. The minimum absolute atomic E-state index is 0.218. The van der Waals surface area contributed by atoms with Gasteiger partial charge in [-0.25, -0.2) is 0 Å². The molecule has 1 aromatic heterocycles. The molecule has 0 aliphatic carbocycles. The summed E-state index contributed by atoms with van der Waals surface area (Å²) < 4.78 is 5.36. The first kappa shape index (κ1) is 14.8. The van der Waals surface area contributed by atoms with E-state index in [9.17, 15) is 9.59 Å². The zero-order chi connectivity index (χ0) is 15.5. The Bertz CT molecular complexity index is 732. The third-order valence-corrected chi connectivity index (χ3v) is 4.52. The van der Waals surface area contributed by atoms with Crippen LogP contribution in [-0.4, -0.2) is 37.2 Å². The molecule has 2 heterocycles. The highest BCUT2D eigenvalue weighted by molar-refractivity contribution is 7.11. The molecule has 116 valence electrons. The third kappa shape index (κ3) is 3.05. The van der Waals surface area contributed by atoms with Crippen molar-refractivity contribution in [3.8, 4) is 0 Å². The summed E-state index contributed by atoms with van der Waals surface area (Å²) in [5.74, 6) is -0.262. The number of carbonyl (C=O) groups excluding carboxylic acids is 1. The minimum Gasteiger partial charge on any atom is -0.378 e. The number of nitrogens with one attached hydrogen (secondary N) is 2. The predicted octanol–water partition coefficient (Wildman–Crippen LogP) is 1.83. The number of hydrogen-bond donors (Lipinski definition) is 2. The Balaban J connectivity index is 1.84. The molecule has 3 rings (SSSR count). The molecule has 2 N–H and O–H groups in total. The molecule has 22 heavy (non-hydrogen) atoms. The van der Waals surface area contributed by atoms with Crippen LogP contribution in [0.15, 0.2) is 29.1 Å². The van der Waals surface area contributed by atoms with Gasteiger partial charge in [-0.15, -0.1) is 0 Å². The van der Waals surface area contributed by atoms with E-state index in [2.05, 4.69) is 15.2 Å². The number of rotatable bonds is 3. The summed E-state index contributed by atoms with van der Waals surface area (Å²) in [5, 5.41) is 2.91. The summed E-state index contributed by atoms with van der Waals surface area (Å²) in [6.45, 7) is 4.68. The molecule has 2 aromatic rings. The lowest BCUT2D eigenvalue weighted by atomic mass is 10.2. The molecule has 7 heteroatoms. The van der Waals surface area contributed by atoms with Gasteiger partial charge in [-0.3, -0.25) is 9.59 Å². The van der Waals surface area contributed by atoms with Gasteiger partial charge < -0.3 is 19.9 Å². The van der Waals surface area contributed by atoms with Gasteiger partial charge in [0.1, 0.15) is 4.88 Å². The number of benzene rings is 1. The fourth-order valence-electron chi connectivity index (χ4n) is 2.46. The Morgan fingerprint density at radius 1 is 1.32 bits per heavy atom. The van der Waals surface area contributed by atoms with Crippen LogP contribution < -0.4 is 15.1 Å². The normalized spacial score (nSPS) is 14.9. The molecule has 1 saturated heterocycles. The molecule has 1 aliphatic rings. The Kier molecular flexibility index (Phi) is 4.26. The van der Waals surface area contributed by atoms with Crippen LogP contribution in [0.25, 0.3) is 0 Å². The number of carbonyl (C=O) groups is 1. The van der Waals surface area contributed by atoms with Crippen LogP contribution in [0.2, 0.25) is 0 Å². The summed E-state index contributed by atoms with van der Waals surface area (Å²) in [7, 11) is 0. The van der Waals surface area contributed by atoms with Crippen LogP contribution >= 0.6 is 11.3 Å². The number of morpholine rings is 1. The van der Waals surface area contributed by atoms with Crippen molar-refractivity contribution in [1.29, 1.82) is 0 Å². The van der Waals surface area contributed by atoms with Gasteiger partial charge in [0.25, 0.3) is 5.91 Å². The van der Waals surface area contributed by atoms with E-state index >= 15 is 0 Å². The summed E-state index contributed by atoms with van der Waals surface area (Å²) >= 11 is 0.926. The second-order valence-corrected chi connectivity index (χ2v) is 6.02. The van der Waals surface area contributed by atoms with Crippen molar-refractivity contribution in [3.63, 3.8) is 0 Å². The van der Waals surface area contributed by atoms with E-state index in [1.165, 1.54) is 0 Å². The molecular weight excluding hydrogens is 302 g/mol. The summed E-state index contributed by atoms with van der Waals surface area (Å²) in [6, 6.07) is 7.67. The standard InChI is InChI=1S/C15H17N3O3S/c1-10-13(22-15(20)16-10)14(19)17-11-4-2-3-5-12(11)18-6-8-21-9-7-18/h2-5H,6-9H2,1H3,(H,16,20)(H,17,19). The van der Waals surface area contributed by atoms with Gasteiger partial charge in [0, 0.05) is 18.8 Å². The van der Waals surface area contributed by atoms with Crippen LogP contribution in [0.5, 0.6) is 0 Å². The maximum atomic E-state index is 12.4. The van der Waals surface area contributed by atoms with Crippen molar-refractivity contribution in [1.82, 2.24) is 4.98 Å². The number of aromatic amines is 1. The maximum Gasteiger partial charge on any atom is 0.305 e. The smallest absolute Gasteiger partial charge is 0.305 e. The van der Waals surface area contributed by atoms with Crippen LogP contribution in [0, 0.1) is 6.92 Å². The van der Waals surface area contributed by atoms with Crippen molar-refractivity contribution in [2.45, 2.75) is 6.92 Å². The number of aromatic nitrogens is 1. The van der Waals surface area contributed by atoms with Crippen LogP contribution in [0.1, 0.15) is 15.4 Å². The minimum atomic E-state index is -0.262. The van der Waals surface area contributed by atoms with E-state index in [1.54, 1.807) is 6.92 Å². The van der Waals surface area contributed by atoms with Crippen LogP contribution in [0.3, 0.4) is 0 Å². The number of nitrogens with zero attached hydrogens (tertiary/aromatic N) is 1. The maximum absolute atomic E-state index is 12.4. The number of aryl methyl sites for hydroxylation is 1. The average molecular weight is 319 g/mol. The van der Waals surface area contributed by atoms with Crippen molar-refractivity contribution in [3.05, 3.63) is 44.5 Å². The summed E-state index contributed by atoms with van der Waals surface area (Å²) in [6.07, 6.45) is 0. The molecule has 1 fully saturated rings. The lowest BCUT2D eigenvalue weighted by Crippen LogP contribution is -2.36. The monoisotopic (exact) mass is 319 g/mol. The number of hydrogen-bond acceptors (Lipinski definition) is 5. The zero-order valence-corrected chi connectivity index (χ0v) is 13.0. The van der Waals surface area contributed by atoms with Crippen molar-refractivity contribution in [2.75, 3.05) is 36.5 Å². The van der Waals surface area contributed by atoms with Gasteiger partial charge in [0.2, 0.25) is 0 Å². The van der Waals surface area contributed by atoms with Gasteiger partial charge in [-0.1, -0.05) is 23.5 Å². The quantitative estimate of drug-likeness (QED) is 0.905. The number of amides is 1. The van der Waals surface area contributed by atoms with Crippen molar-refractivity contribution in [2.24, 2.45) is 0 Å². The van der Waals surface area contributed by atoms with E-state index in [-0.39, 0.29) is 10.8 Å². The second-order valence-electron chi connectivity index (χ2n) is 5.04. The van der Waals surface area contributed by atoms with Gasteiger partial charge in [-0.05, 0) is 19.1 Å². The van der Waals surface area contributed by atoms with E-state index in [0.717, 1.165) is 35.8 Å². The first-order valence-electron chi connectivity index (χ1n) is 7.08. The molecule has 0 radical (unpaired) electrons. The molecule has 0 atom stereocenters. The zero-order valence-electron chi connectivity index (χ0n) is 12.2. The van der Waals surface area contributed by atoms with E-state index in [1.807, 2.05) is 24.3 Å². The molecule has 6 nitrogen and oxygen atoms in total. The topological polar surface area (TPSA) is 74.4 Å². The van der Waals surface area contributed by atoms with Crippen LogP contribution in [-0.2, 0) is 4.74 Å². The number of para-hydroxylation sites is 2. The summed E-state index contributed by atoms with van der Waals surface area (Å²) in [5.41, 5.74) is 2.31. The van der Waals surface area contributed by atoms with Crippen molar-refractivity contribution >= 4 is 28.6 Å². The fraction of sp³-hybridized carbons (Fsp3) is 0.333. The Hall–Kier alpha value is -2.12.